The lowest BCUT2D eigenvalue weighted by atomic mass is 10.1. The first kappa shape index (κ1) is 14.2. The van der Waals surface area contributed by atoms with Gasteiger partial charge in [-0.3, -0.25) is 4.79 Å². The number of benzene rings is 1. The second kappa shape index (κ2) is 6.28. The topological polar surface area (TPSA) is 54.9 Å². The third-order valence-corrected chi connectivity index (χ3v) is 3.08. The Morgan fingerprint density at radius 1 is 1.10 bits per heavy atom. The first-order valence-corrected chi connectivity index (χ1v) is 6.73. The van der Waals surface area contributed by atoms with Crippen LogP contribution in [0.15, 0.2) is 36.4 Å². The Hall–Kier alpha value is -2.23. The van der Waals surface area contributed by atoms with Crippen LogP contribution in [0.4, 0.5) is 0 Å². The summed E-state index contributed by atoms with van der Waals surface area (Å²) in [6.45, 7) is 6.61. The second-order valence-electron chi connectivity index (χ2n) is 5.17. The molecule has 0 spiro atoms. The average molecular weight is 269 g/mol. The molecule has 0 saturated heterocycles. The van der Waals surface area contributed by atoms with Crippen molar-refractivity contribution < 1.29 is 4.79 Å². The van der Waals surface area contributed by atoms with Crippen molar-refractivity contribution in [2.45, 2.75) is 33.2 Å². The van der Waals surface area contributed by atoms with Crippen LogP contribution in [0, 0.1) is 6.92 Å². The lowest BCUT2D eigenvalue weighted by Gasteiger charge is -2.06. The minimum Gasteiger partial charge on any atom is -0.347 e. The van der Waals surface area contributed by atoms with E-state index in [1.54, 1.807) is 6.07 Å². The van der Waals surface area contributed by atoms with Crippen molar-refractivity contribution >= 4 is 5.91 Å². The van der Waals surface area contributed by atoms with Crippen LogP contribution in [0.3, 0.4) is 0 Å². The zero-order valence-electron chi connectivity index (χ0n) is 12.1. The first-order valence-electron chi connectivity index (χ1n) is 6.73. The highest BCUT2D eigenvalue weighted by molar-refractivity contribution is 5.91. The van der Waals surface area contributed by atoms with Crippen molar-refractivity contribution in [1.29, 1.82) is 0 Å². The molecule has 0 aliphatic rings. The van der Waals surface area contributed by atoms with Crippen molar-refractivity contribution in [3.63, 3.8) is 0 Å². The zero-order valence-corrected chi connectivity index (χ0v) is 12.1. The highest BCUT2D eigenvalue weighted by atomic mass is 16.1. The molecule has 0 fully saturated rings. The Morgan fingerprint density at radius 3 is 2.35 bits per heavy atom. The van der Waals surface area contributed by atoms with Crippen LogP contribution in [0.25, 0.3) is 0 Å². The summed E-state index contributed by atoms with van der Waals surface area (Å²) in [6, 6.07) is 11.6. The monoisotopic (exact) mass is 269 g/mol. The van der Waals surface area contributed by atoms with Gasteiger partial charge in [-0.15, -0.1) is 5.10 Å². The number of nitrogens with zero attached hydrogens (tertiary/aromatic N) is 2. The Balaban J connectivity index is 1.96. The maximum atomic E-state index is 12.0. The van der Waals surface area contributed by atoms with E-state index in [1.807, 2.05) is 51.1 Å². The van der Waals surface area contributed by atoms with Gasteiger partial charge >= 0.3 is 0 Å². The molecule has 0 radical (unpaired) electrons. The average Bonchev–Trinajstić information content (AvgIpc) is 2.46. The standard InChI is InChI=1S/C16H19N3O/c1-11(2)14-8-9-15(19-18-14)16(20)17-10-13-6-4-12(3)5-7-13/h4-9,11H,10H2,1-3H3,(H,17,20). The van der Waals surface area contributed by atoms with Crippen LogP contribution in [-0.2, 0) is 6.54 Å². The summed E-state index contributed by atoms with van der Waals surface area (Å²) in [7, 11) is 0. The fourth-order valence-corrected chi connectivity index (χ4v) is 1.75. The summed E-state index contributed by atoms with van der Waals surface area (Å²) in [4.78, 5) is 12.0. The number of carbonyl (C=O) groups excluding carboxylic acids is 1. The Labute approximate surface area is 119 Å². The zero-order chi connectivity index (χ0) is 14.5. The van der Waals surface area contributed by atoms with Crippen LogP contribution >= 0.6 is 0 Å². The lowest BCUT2D eigenvalue weighted by molar-refractivity contribution is 0.0944. The maximum absolute atomic E-state index is 12.0. The van der Waals surface area contributed by atoms with E-state index < -0.39 is 0 Å². The smallest absolute Gasteiger partial charge is 0.272 e. The number of nitrogens with one attached hydrogen (secondary N) is 1. The summed E-state index contributed by atoms with van der Waals surface area (Å²) in [5.74, 6) is 0.112. The molecule has 0 bridgehead atoms. The molecular weight excluding hydrogens is 250 g/mol. The molecule has 0 aliphatic carbocycles. The molecule has 0 saturated carbocycles. The minimum atomic E-state index is -0.201. The van der Waals surface area contributed by atoms with E-state index in [1.165, 1.54) is 5.56 Å². The van der Waals surface area contributed by atoms with E-state index >= 15 is 0 Å². The summed E-state index contributed by atoms with van der Waals surface area (Å²) < 4.78 is 0. The molecule has 20 heavy (non-hydrogen) atoms. The molecule has 1 N–H and O–H groups in total. The van der Waals surface area contributed by atoms with Crippen LogP contribution in [0.2, 0.25) is 0 Å². The van der Waals surface area contributed by atoms with Gasteiger partial charge in [0.05, 0.1) is 5.69 Å². The number of aromatic nitrogens is 2. The molecule has 0 atom stereocenters. The van der Waals surface area contributed by atoms with Crippen LogP contribution < -0.4 is 5.32 Å². The number of amides is 1. The molecular formula is C16H19N3O. The molecule has 2 rings (SSSR count). The molecule has 1 aromatic heterocycles. The number of hydrogen-bond donors (Lipinski definition) is 1. The van der Waals surface area contributed by atoms with Gasteiger partial charge in [0.2, 0.25) is 0 Å². The second-order valence-corrected chi connectivity index (χ2v) is 5.17. The van der Waals surface area contributed by atoms with Gasteiger partial charge in [0.15, 0.2) is 5.69 Å². The van der Waals surface area contributed by atoms with Crippen LogP contribution in [0.1, 0.15) is 47.1 Å². The molecule has 104 valence electrons. The van der Waals surface area contributed by atoms with Crippen LogP contribution in [-0.4, -0.2) is 16.1 Å². The molecule has 1 amide bonds. The highest BCUT2D eigenvalue weighted by Crippen LogP contribution is 2.09. The van der Waals surface area contributed by atoms with Gasteiger partial charge in [-0.1, -0.05) is 43.7 Å². The van der Waals surface area contributed by atoms with Crippen molar-refractivity contribution in [3.8, 4) is 0 Å². The normalized spacial score (nSPS) is 10.6. The number of rotatable bonds is 4. The van der Waals surface area contributed by atoms with Gasteiger partial charge in [0, 0.05) is 6.54 Å². The molecule has 1 aromatic carbocycles. The van der Waals surface area contributed by atoms with Gasteiger partial charge in [0.1, 0.15) is 0 Å². The quantitative estimate of drug-likeness (QED) is 0.928. The predicted octanol–water partition coefficient (Wildman–Crippen LogP) is 2.84. The first-order chi connectivity index (χ1) is 9.56. The van der Waals surface area contributed by atoms with Crippen molar-refractivity contribution in [2.24, 2.45) is 0 Å². The van der Waals surface area contributed by atoms with E-state index in [4.69, 9.17) is 0 Å². The van der Waals surface area contributed by atoms with Gasteiger partial charge in [0.25, 0.3) is 5.91 Å². The molecule has 2 aromatic rings. The van der Waals surface area contributed by atoms with Crippen molar-refractivity contribution in [2.75, 3.05) is 0 Å². The largest absolute Gasteiger partial charge is 0.347 e. The third kappa shape index (κ3) is 3.63. The fourth-order valence-electron chi connectivity index (χ4n) is 1.75. The summed E-state index contributed by atoms with van der Waals surface area (Å²) in [6.07, 6.45) is 0. The summed E-state index contributed by atoms with van der Waals surface area (Å²) in [5, 5.41) is 10.9. The number of hydrogen-bond acceptors (Lipinski definition) is 3. The SMILES string of the molecule is Cc1ccc(CNC(=O)c2ccc(C(C)C)nn2)cc1. The number of aryl methyl sites for hydroxylation is 1. The van der Waals surface area contributed by atoms with Gasteiger partial charge in [-0.05, 0) is 30.5 Å². The number of carbonyl (C=O) groups is 1. The highest BCUT2D eigenvalue weighted by Gasteiger charge is 2.09. The molecule has 4 nitrogen and oxygen atoms in total. The third-order valence-electron chi connectivity index (χ3n) is 3.08. The Bertz CT molecular complexity index is 574. The molecule has 1 heterocycles. The van der Waals surface area contributed by atoms with Gasteiger partial charge < -0.3 is 5.32 Å². The lowest BCUT2D eigenvalue weighted by Crippen LogP contribution is -2.24. The van der Waals surface area contributed by atoms with E-state index in [-0.39, 0.29) is 5.91 Å². The van der Waals surface area contributed by atoms with E-state index in [0.717, 1.165) is 11.3 Å². The minimum absolute atomic E-state index is 0.201. The molecule has 4 heteroatoms. The van der Waals surface area contributed by atoms with Crippen LogP contribution in [0.5, 0.6) is 0 Å². The van der Waals surface area contributed by atoms with Crippen molar-refractivity contribution in [3.05, 3.63) is 58.9 Å². The van der Waals surface area contributed by atoms with Gasteiger partial charge in [-0.2, -0.15) is 5.10 Å². The maximum Gasteiger partial charge on any atom is 0.272 e. The summed E-state index contributed by atoms with van der Waals surface area (Å²) in [5.41, 5.74) is 3.51. The molecule has 0 aliphatic heterocycles. The van der Waals surface area contributed by atoms with Gasteiger partial charge in [-0.25, -0.2) is 0 Å². The van der Waals surface area contributed by atoms with E-state index in [9.17, 15) is 4.79 Å². The Kier molecular flexibility index (Phi) is 4.45. The van der Waals surface area contributed by atoms with E-state index in [2.05, 4.69) is 15.5 Å². The Morgan fingerprint density at radius 2 is 1.80 bits per heavy atom. The van der Waals surface area contributed by atoms with Crippen molar-refractivity contribution in [1.82, 2.24) is 15.5 Å². The predicted molar refractivity (Wildman–Crippen MR) is 78.5 cm³/mol. The molecule has 0 unspecified atom stereocenters. The fraction of sp³-hybridized carbons (Fsp3) is 0.312. The summed E-state index contributed by atoms with van der Waals surface area (Å²) >= 11 is 0. The van der Waals surface area contributed by atoms with E-state index in [0.29, 0.717) is 18.2 Å².